The number of nitrogens with one attached hydrogen (secondary N) is 1. The molecule has 1 aromatic rings. The van der Waals surface area contributed by atoms with Crippen LogP contribution in [0.2, 0.25) is 0 Å². The minimum atomic E-state index is -1.02. The predicted octanol–water partition coefficient (Wildman–Crippen LogP) is -0.925. The van der Waals surface area contributed by atoms with Crippen LogP contribution in [0.5, 0.6) is 0 Å². The number of pyridine rings is 1. The van der Waals surface area contributed by atoms with Crippen molar-refractivity contribution in [2.45, 2.75) is 18.0 Å². The molecule has 2 unspecified atom stereocenters. The first-order valence-electron chi connectivity index (χ1n) is 6.87. The minimum Gasteiger partial charge on any atom is -0.481 e. The molecule has 2 aliphatic heterocycles. The summed E-state index contributed by atoms with van der Waals surface area (Å²) in [4.78, 5) is 35.9. The smallest absolute Gasteiger partial charge is 0.318 e. The number of carbonyl (C=O) groups is 3. The SMILES string of the molecule is O=CNC1C(=O)N2CC(C[n+]3ccccc3)(C(=O)O)CS[C@H]12. The maximum absolute atomic E-state index is 12.0. The molecule has 8 heteroatoms. The number of hydrogen-bond donors (Lipinski definition) is 2. The zero-order valence-electron chi connectivity index (χ0n) is 11.7. The van der Waals surface area contributed by atoms with Gasteiger partial charge in [-0.3, -0.25) is 14.4 Å². The van der Waals surface area contributed by atoms with Gasteiger partial charge in [0.15, 0.2) is 24.4 Å². The lowest BCUT2D eigenvalue weighted by Gasteiger charge is -2.52. The van der Waals surface area contributed by atoms with Crippen molar-refractivity contribution in [2.75, 3.05) is 12.3 Å². The molecule has 2 fully saturated rings. The van der Waals surface area contributed by atoms with Gasteiger partial charge in [-0.2, -0.15) is 0 Å². The van der Waals surface area contributed by atoms with Gasteiger partial charge in [-0.25, -0.2) is 4.57 Å². The van der Waals surface area contributed by atoms with Crippen molar-refractivity contribution in [1.29, 1.82) is 0 Å². The van der Waals surface area contributed by atoms with Crippen LogP contribution in [-0.2, 0) is 20.9 Å². The van der Waals surface area contributed by atoms with Crippen LogP contribution in [0.15, 0.2) is 30.6 Å². The lowest BCUT2D eigenvalue weighted by atomic mass is 9.87. The number of carboxylic acids is 1. The van der Waals surface area contributed by atoms with Crippen LogP contribution < -0.4 is 9.88 Å². The van der Waals surface area contributed by atoms with Gasteiger partial charge in [0.05, 0.1) is 0 Å². The molecule has 0 aromatic carbocycles. The van der Waals surface area contributed by atoms with Crippen molar-refractivity contribution in [1.82, 2.24) is 10.2 Å². The van der Waals surface area contributed by atoms with E-state index in [1.54, 1.807) is 4.90 Å². The third kappa shape index (κ3) is 2.33. The summed E-state index contributed by atoms with van der Waals surface area (Å²) in [5.41, 5.74) is -1.02. The Morgan fingerprint density at radius 1 is 1.50 bits per heavy atom. The van der Waals surface area contributed by atoms with E-state index < -0.39 is 17.4 Å². The van der Waals surface area contributed by atoms with Crippen LogP contribution in [0.25, 0.3) is 0 Å². The molecule has 0 spiro atoms. The van der Waals surface area contributed by atoms with Crippen LogP contribution >= 0.6 is 11.8 Å². The molecule has 2 amide bonds. The molecule has 0 radical (unpaired) electrons. The summed E-state index contributed by atoms with van der Waals surface area (Å²) in [5, 5.41) is 12.0. The molecule has 2 saturated heterocycles. The van der Waals surface area contributed by atoms with Gasteiger partial charge in [0, 0.05) is 24.4 Å². The zero-order valence-corrected chi connectivity index (χ0v) is 12.5. The first kappa shape index (κ1) is 14.8. The second-order valence-electron chi connectivity index (χ2n) is 5.56. The summed E-state index contributed by atoms with van der Waals surface area (Å²) in [6.45, 7) is 0.468. The molecule has 116 valence electrons. The first-order chi connectivity index (χ1) is 10.6. The third-order valence-electron chi connectivity index (χ3n) is 4.11. The number of hydrogen-bond acceptors (Lipinski definition) is 4. The van der Waals surface area contributed by atoms with Crippen molar-refractivity contribution < 1.29 is 24.1 Å². The van der Waals surface area contributed by atoms with Gasteiger partial charge in [0.1, 0.15) is 11.4 Å². The summed E-state index contributed by atoms with van der Waals surface area (Å²) in [6, 6.07) is 5.02. The van der Waals surface area contributed by atoms with Crippen molar-refractivity contribution in [3.63, 3.8) is 0 Å². The molecule has 1 aromatic heterocycles. The van der Waals surface area contributed by atoms with Gasteiger partial charge in [0.25, 0.3) is 0 Å². The maximum atomic E-state index is 12.0. The summed E-state index contributed by atoms with van der Waals surface area (Å²) in [5.74, 6) is -0.724. The lowest BCUT2D eigenvalue weighted by Crippen LogP contribution is -2.74. The monoisotopic (exact) mass is 322 g/mol. The average Bonchev–Trinajstić information content (AvgIpc) is 2.53. The number of β-lactam (4-membered cyclic amide) rings is 1. The van der Waals surface area contributed by atoms with E-state index in [0.717, 1.165) is 0 Å². The number of aromatic nitrogens is 1. The molecular formula is C14H16N3O4S+. The number of aliphatic carboxylic acids is 1. The summed E-state index contributed by atoms with van der Waals surface area (Å²) in [6.07, 6.45) is 4.14. The summed E-state index contributed by atoms with van der Waals surface area (Å²) in [7, 11) is 0. The zero-order chi connectivity index (χ0) is 15.7. The van der Waals surface area contributed by atoms with Gasteiger partial charge < -0.3 is 15.3 Å². The van der Waals surface area contributed by atoms with E-state index in [1.165, 1.54) is 11.8 Å². The van der Waals surface area contributed by atoms with E-state index in [2.05, 4.69) is 5.32 Å². The normalized spacial score (nSPS) is 30.2. The van der Waals surface area contributed by atoms with Crippen LogP contribution in [0, 0.1) is 5.41 Å². The van der Waals surface area contributed by atoms with Crippen LogP contribution in [0.3, 0.4) is 0 Å². The van der Waals surface area contributed by atoms with Crippen molar-refractivity contribution in [2.24, 2.45) is 5.41 Å². The highest BCUT2D eigenvalue weighted by Crippen LogP contribution is 2.42. The van der Waals surface area contributed by atoms with Gasteiger partial charge in [-0.05, 0) is 0 Å². The molecule has 0 saturated carbocycles. The Morgan fingerprint density at radius 3 is 2.86 bits per heavy atom. The number of carbonyl (C=O) groups excluding carboxylic acids is 2. The van der Waals surface area contributed by atoms with E-state index in [4.69, 9.17) is 0 Å². The number of fused-ring (bicyclic) bond motifs is 1. The summed E-state index contributed by atoms with van der Waals surface area (Å²) < 4.78 is 1.82. The van der Waals surface area contributed by atoms with Crippen LogP contribution in [0.4, 0.5) is 0 Å². The molecule has 3 heterocycles. The van der Waals surface area contributed by atoms with Gasteiger partial charge in [-0.15, -0.1) is 11.8 Å². The van der Waals surface area contributed by atoms with Crippen molar-refractivity contribution in [3.8, 4) is 0 Å². The topological polar surface area (TPSA) is 90.6 Å². The highest BCUT2D eigenvalue weighted by atomic mass is 32.2. The molecule has 0 bridgehead atoms. The quantitative estimate of drug-likeness (QED) is 0.415. The number of nitrogens with zero attached hydrogens (tertiary/aromatic N) is 2. The van der Waals surface area contributed by atoms with Crippen molar-refractivity contribution in [3.05, 3.63) is 30.6 Å². The Kier molecular flexibility index (Phi) is 3.78. The molecule has 2 N–H and O–H groups in total. The molecule has 2 aliphatic rings. The second-order valence-corrected chi connectivity index (χ2v) is 6.67. The number of amides is 2. The largest absolute Gasteiger partial charge is 0.481 e. The number of thioether (sulfide) groups is 1. The standard InChI is InChI=1S/C14H15N3O4S/c18-9-15-10-11(19)17-7-14(13(20)21,8-22-12(10)17)6-16-4-2-1-3-5-16/h1-5,9-10,12H,6-8H2,(H-,15,18,20,21)/p+1/t10?,12-,14?/m1/s1. The molecule has 22 heavy (non-hydrogen) atoms. The highest BCUT2D eigenvalue weighted by molar-refractivity contribution is 8.00. The molecule has 3 rings (SSSR count). The lowest BCUT2D eigenvalue weighted by molar-refractivity contribution is -0.706. The fourth-order valence-corrected chi connectivity index (χ4v) is 4.44. The minimum absolute atomic E-state index is 0.161. The maximum Gasteiger partial charge on any atom is 0.318 e. The summed E-state index contributed by atoms with van der Waals surface area (Å²) >= 11 is 1.41. The Balaban J connectivity index is 1.79. The fourth-order valence-electron chi connectivity index (χ4n) is 2.90. The van der Waals surface area contributed by atoms with E-state index in [9.17, 15) is 19.5 Å². The molecule has 7 nitrogen and oxygen atoms in total. The Labute approximate surface area is 131 Å². The molecular weight excluding hydrogens is 306 g/mol. The van der Waals surface area contributed by atoms with Crippen LogP contribution in [0.1, 0.15) is 0 Å². The first-order valence-corrected chi connectivity index (χ1v) is 7.91. The van der Waals surface area contributed by atoms with Crippen LogP contribution in [-0.4, -0.2) is 52.0 Å². The van der Waals surface area contributed by atoms with Gasteiger partial charge in [-0.1, -0.05) is 6.07 Å². The van der Waals surface area contributed by atoms with E-state index in [-0.39, 0.29) is 17.8 Å². The Bertz CT molecular complexity index is 611. The number of rotatable bonds is 5. The fraction of sp³-hybridized carbons (Fsp3) is 0.429. The number of carboxylic acid groups (broad SMARTS) is 1. The average molecular weight is 322 g/mol. The third-order valence-corrected chi connectivity index (χ3v) is 5.70. The van der Waals surface area contributed by atoms with E-state index in [0.29, 0.717) is 18.7 Å². The Hall–Kier alpha value is -2.09. The molecule has 0 aliphatic carbocycles. The van der Waals surface area contributed by atoms with E-state index >= 15 is 0 Å². The molecule has 3 atom stereocenters. The van der Waals surface area contributed by atoms with E-state index in [1.807, 2.05) is 35.2 Å². The highest BCUT2D eigenvalue weighted by Gasteiger charge is 2.58. The van der Waals surface area contributed by atoms with Gasteiger partial charge >= 0.3 is 5.97 Å². The van der Waals surface area contributed by atoms with Crippen molar-refractivity contribution >= 4 is 30.0 Å². The predicted molar refractivity (Wildman–Crippen MR) is 77.7 cm³/mol. The Morgan fingerprint density at radius 2 is 2.23 bits per heavy atom. The second kappa shape index (κ2) is 5.60. The van der Waals surface area contributed by atoms with Gasteiger partial charge in [0.2, 0.25) is 12.3 Å².